The lowest BCUT2D eigenvalue weighted by atomic mass is 9.76. The summed E-state index contributed by atoms with van der Waals surface area (Å²) in [6.07, 6.45) is 20.6. The largest absolute Gasteiger partial charge is 0.481 e. The van der Waals surface area contributed by atoms with Gasteiger partial charge in [0.05, 0.1) is 39.9 Å². The molecule has 372 valence electrons. The number of methoxy groups -OCH3 is 2. The summed E-state index contributed by atoms with van der Waals surface area (Å²) in [7, 11) is 2.21. The molecule has 2 N–H and O–H groups in total. The van der Waals surface area contributed by atoms with E-state index in [0.29, 0.717) is 0 Å². The first-order valence-corrected chi connectivity index (χ1v) is 21.4. The minimum absolute atomic E-state index is 0.0300. The van der Waals surface area contributed by atoms with Crippen molar-refractivity contribution in [1.82, 2.24) is 9.97 Å². The van der Waals surface area contributed by atoms with E-state index in [1.165, 1.54) is 50.3 Å². The predicted molar refractivity (Wildman–Crippen MR) is 244 cm³/mol. The van der Waals surface area contributed by atoms with E-state index in [1.54, 1.807) is 68.5 Å². The van der Waals surface area contributed by atoms with Crippen LogP contribution in [-0.2, 0) is 57.2 Å². The summed E-state index contributed by atoms with van der Waals surface area (Å²) in [6.45, 7) is 7.80. The molecule has 2 aromatic rings. The molecule has 0 radical (unpaired) electrons. The van der Waals surface area contributed by atoms with Crippen molar-refractivity contribution >= 4 is 53.8 Å². The van der Waals surface area contributed by atoms with E-state index in [1.807, 2.05) is 13.0 Å². The van der Waals surface area contributed by atoms with Crippen LogP contribution in [0.1, 0.15) is 100 Å². The van der Waals surface area contributed by atoms with Gasteiger partial charge in [0.25, 0.3) is 0 Å². The van der Waals surface area contributed by atoms with Crippen LogP contribution < -0.4 is 0 Å². The normalized spacial score (nSPS) is 15.6. The molecule has 6 unspecified atom stereocenters. The van der Waals surface area contributed by atoms with Crippen molar-refractivity contribution in [1.29, 1.82) is 0 Å². The Morgan fingerprint density at radius 3 is 1.49 bits per heavy atom. The van der Waals surface area contributed by atoms with Gasteiger partial charge < -0.3 is 47.5 Å². The smallest absolute Gasteiger partial charge is 0.360 e. The molecule has 20 nitrogen and oxygen atoms in total. The monoisotopic (exact) mass is 962 g/mol. The fraction of sp³-hybridized carbons (Fsp3) is 0.388. The first kappa shape index (κ1) is 57.2. The number of hydrogen-bond donors (Lipinski definition) is 2. The third-order valence-electron chi connectivity index (χ3n) is 10.0. The summed E-state index contributed by atoms with van der Waals surface area (Å²) in [5.41, 5.74) is -4.23. The van der Waals surface area contributed by atoms with Crippen molar-refractivity contribution in [2.24, 2.45) is 10.8 Å². The van der Waals surface area contributed by atoms with Gasteiger partial charge in [0.2, 0.25) is 5.89 Å². The lowest BCUT2D eigenvalue weighted by molar-refractivity contribution is -0.178. The molecule has 0 saturated carbocycles. The maximum atomic E-state index is 13.6. The van der Waals surface area contributed by atoms with Crippen LogP contribution in [0.15, 0.2) is 119 Å². The van der Waals surface area contributed by atoms with Crippen molar-refractivity contribution in [3.63, 3.8) is 0 Å². The Bertz CT molecular complexity index is 2300. The van der Waals surface area contributed by atoms with Gasteiger partial charge >= 0.3 is 47.8 Å². The average Bonchev–Trinajstić information content (AvgIpc) is 4.05. The van der Waals surface area contributed by atoms with Crippen molar-refractivity contribution in [2.75, 3.05) is 14.2 Å². The molecule has 0 aliphatic heterocycles. The van der Waals surface area contributed by atoms with Gasteiger partial charge in [-0.3, -0.25) is 28.8 Å². The lowest BCUT2D eigenvalue weighted by Crippen LogP contribution is -2.52. The van der Waals surface area contributed by atoms with Crippen LogP contribution >= 0.6 is 0 Å². The van der Waals surface area contributed by atoms with Crippen LogP contribution in [0.4, 0.5) is 0 Å². The van der Waals surface area contributed by atoms with Crippen LogP contribution in [-0.4, -0.2) is 107 Å². The number of esters is 6. The van der Waals surface area contributed by atoms with Crippen molar-refractivity contribution in [2.45, 2.75) is 97.6 Å². The fourth-order valence-electron chi connectivity index (χ4n) is 6.24. The van der Waals surface area contributed by atoms with Gasteiger partial charge in [-0.15, -0.1) is 0 Å². The Morgan fingerprint density at radius 2 is 1.07 bits per heavy atom. The molecule has 6 atom stereocenters. The number of carbonyl (C=O) groups is 8. The Balaban J connectivity index is 2.41. The molecular formula is C49H58N2O18. The first-order chi connectivity index (χ1) is 32.9. The first-order valence-electron chi connectivity index (χ1n) is 21.4. The molecule has 69 heavy (non-hydrogen) atoms. The number of carboxylic acid groups (broad SMARTS) is 2. The standard InChI is InChI=1S/C49H58N2O18/c1-8-11-12-13-15-18-24-38(49(5,47(61)63-7)36(22-10-3)67-43(57)29-27-41(54)55)69-45(59)34-31-65-39(51-34)25-20-17-14-16-19-23-37(68-44(58)33-30-64-32-50-33)48(4,46(60)62-6)35(21-9-2)66-42(56)28-26-40(52)53/h8-22,25,30-32,35-38H,23-24,26-29H2,1-7H3,(H,52,53)(H,54,55). The van der Waals surface area contributed by atoms with Crippen LogP contribution in [0.5, 0.6) is 0 Å². The zero-order valence-corrected chi connectivity index (χ0v) is 39.3. The van der Waals surface area contributed by atoms with E-state index in [-0.39, 0.29) is 30.1 Å². The highest BCUT2D eigenvalue weighted by Gasteiger charge is 2.53. The highest BCUT2D eigenvalue weighted by molar-refractivity contribution is 5.89. The predicted octanol–water partition coefficient (Wildman–Crippen LogP) is 7.07. The zero-order valence-electron chi connectivity index (χ0n) is 39.3. The number of carbonyl (C=O) groups excluding carboxylic acids is 6. The second-order valence-electron chi connectivity index (χ2n) is 14.9. The van der Waals surface area contributed by atoms with Gasteiger partial charge in [-0.1, -0.05) is 79.0 Å². The summed E-state index contributed by atoms with van der Waals surface area (Å²) in [5, 5.41) is 18.1. The van der Waals surface area contributed by atoms with Crippen LogP contribution in [0.3, 0.4) is 0 Å². The topological polar surface area (TPSA) is 284 Å². The second-order valence-corrected chi connectivity index (χ2v) is 14.9. The third-order valence-corrected chi connectivity index (χ3v) is 10.0. The van der Waals surface area contributed by atoms with E-state index in [4.69, 9.17) is 47.5 Å². The molecule has 0 spiro atoms. The number of hydrogen-bond acceptors (Lipinski definition) is 18. The molecule has 0 fully saturated rings. The summed E-state index contributed by atoms with van der Waals surface area (Å²) < 4.78 is 43.3. The fourth-order valence-corrected chi connectivity index (χ4v) is 6.24. The van der Waals surface area contributed by atoms with Gasteiger partial charge in [-0.25, -0.2) is 19.6 Å². The lowest BCUT2D eigenvalue weighted by Gasteiger charge is -2.38. The van der Waals surface area contributed by atoms with Crippen LogP contribution in [0, 0.1) is 10.8 Å². The number of aliphatic carboxylic acids is 2. The Hall–Kier alpha value is -7.90. The van der Waals surface area contributed by atoms with Crippen molar-refractivity contribution in [3.8, 4) is 0 Å². The van der Waals surface area contributed by atoms with Gasteiger partial charge in [-0.05, 0) is 46.8 Å². The zero-order chi connectivity index (χ0) is 51.4. The molecule has 2 heterocycles. The van der Waals surface area contributed by atoms with Gasteiger partial charge in [0.15, 0.2) is 17.8 Å². The van der Waals surface area contributed by atoms with Crippen molar-refractivity contribution < 1.29 is 85.8 Å². The number of rotatable bonds is 29. The van der Waals surface area contributed by atoms with Gasteiger partial charge in [0, 0.05) is 18.9 Å². The van der Waals surface area contributed by atoms with Crippen LogP contribution in [0.2, 0.25) is 0 Å². The van der Waals surface area contributed by atoms with Crippen LogP contribution in [0.25, 0.3) is 6.08 Å². The highest BCUT2D eigenvalue weighted by atomic mass is 16.6. The number of aromatic nitrogens is 2. The molecule has 0 amide bonds. The Labute approximate surface area is 398 Å². The molecule has 0 aliphatic carbocycles. The molecule has 0 saturated heterocycles. The molecule has 0 bridgehead atoms. The highest BCUT2D eigenvalue weighted by Crippen LogP contribution is 2.38. The summed E-state index contributed by atoms with van der Waals surface area (Å²) >= 11 is 0. The minimum Gasteiger partial charge on any atom is -0.481 e. The molecular weight excluding hydrogens is 905 g/mol. The number of ether oxygens (including phenoxy) is 6. The Kier molecular flexibility index (Phi) is 24.6. The van der Waals surface area contributed by atoms with E-state index in [9.17, 15) is 38.4 Å². The minimum atomic E-state index is -1.88. The number of nitrogens with zero attached hydrogens (tertiary/aromatic N) is 2. The van der Waals surface area contributed by atoms with E-state index in [0.717, 1.165) is 33.1 Å². The maximum absolute atomic E-state index is 13.6. The maximum Gasteiger partial charge on any atom is 0.360 e. The number of carboxylic acids is 2. The molecule has 2 rings (SSSR count). The van der Waals surface area contributed by atoms with Gasteiger partial charge in [-0.2, -0.15) is 0 Å². The van der Waals surface area contributed by atoms with E-state index >= 15 is 0 Å². The van der Waals surface area contributed by atoms with Gasteiger partial charge in [0.1, 0.15) is 47.8 Å². The second kappa shape index (κ2) is 29.7. The Morgan fingerprint density at radius 1 is 0.609 bits per heavy atom. The summed E-state index contributed by atoms with van der Waals surface area (Å²) in [6, 6.07) is 0. The number of oxazole rings is 2. The quantitative estimate of drug-likeness (QED) is 0.0356. The summed E-state index contributed by atoms with van der Waals surface area (Å²) in [5.74, 6) is -8.12. The van der Waals surface area contributed by atoms with Crippen molar-refractivity contribution in [3.05, 3.63) is 127 Å². The number of allylic oxidation sites excluding steroid dienone is 11. The third kappa shape index (κ3) is 18.0. The summed E-state index contributed by atoms with van der Waals surface area (Å²) in [4.78, 5) is 109. The molecule has 0 aromatic carbocycles. The SMILES string of the molecule is CC=CC=CC=CCC(OC(=O)c1coc(C=CC=CC=CCC(OC(=O)c2cocn2)C(C)(C(=O)OC)C(C=CC)OC(=O)CCC(=O)O)n1)C(C)(C(=O)OC)C(C=CC)OC(=O)CCC(=O)O. The average molecular weight is 963 g/mol. The molecule has 20 heteroatoms. The van der Waals surface area contributed by atoms with E-state index < -0.39 is 109 Å². The van der Waals surface area contributed by atoms with E-state index in [2.05, 4.69) is 9.97 Å². The molecule has 2 aromatic heterocycles. The molecule has 0 aliphatic rings.